The van der Waals surface area contributed by atoms with Gasteiger partial charge in [0.2, 0.25) is 0 Å². The molecule has 8 aromatic rings. The van der Waals surface area contributed by atoms with Gasteiger partial charge in [-0.1, -0.05) is 60.7 Å². The minimum absolute atomic E-state index is 0.881. The van der Waals surface area contributed by atoms with Crippen molar-refractivity contribution in [1.29, 1.82) is 0 Å². The Balaban J connectivity index is 1.12. The van der Waals surface area contributed by atoms with Crippen LogP contribution in [0, 0.1) is 0 Å². The first-order valence-electron chi connectivity index (χ1n) is 13.2. The van der Waals surface area contributed by atoms with Crippen LogP contribution in [0.3, 0.4) is 0 Å². The number of benzene rings is 4. The SMILES string of the molecule is c1ccc2c(c1)c1cnccc1n2-c1ccc(Cc2ccc(-n3c4ccccc4c4ccncc43)cc2)cc1. The van der Waals surface area contributed by atoms with Crippen molar-refractivity contribution in [3.63, 3.8) is 0 Å². The highest BCUT2D eigenvalue weighted by atomic mass is 15.0. The molecule has 0 unspecified atom stereocenters. The van der Waals surface area contributed by atoms with E-state index in [0.29, 0.717) is 0 Å². The topological polar surface area (TPSA) is 35.6 Å². The van der Waals surface area contributed by atoms with Crippen LogP contribution < -0.4 is 0 Å². The van der Waals surface area contributed by atoms with Gasteiger partial charge in [0.1, 0.15) is 0 Å². The fraction of sp³-hybridized carbons (Fsp3) is 0.0286. The van der Waals surface area contributed by atoms with Gasteiger partial charge in [-0.05, 0) is 66.1 Å². The van der Waals surface area contributed by atoms with E-state index in [9.17, 15) is 0 Å². The van der Waals surface area contributed by atoms with Gasteiger partial charge in [-0.2, -0.15) is 0 Å². The van der Waals surface area contributed by atoms with Gasteiger partial charge in [0.15, 0.2) is 0 Å². The van der Waals surface area contributed by atoms with E-state index in [2.05, 4.69) is 128 Å². The highest BCUT2D eigenvalue weighted by Crippen LogP contribution is 2.33. The maximum Gasteiger partial charge on any atom is 0.0724 e. The van der Waals surface area contributed by atoms with Crippen LogP contribution >= 0.6 is 0 Å². The van der Waals surface area contributed by atoms with Crippen molar-refractivity contribution in [3.05, 3.63) is 145 Å². The molecule has 0 spiro atoms. The first-order chi connectivity index (χ1) is 19.3. The van der Waals surface area contributed by atoms with Gasteiger partial charge in [0.25, 0.3) is 0 Å². The third-order valence-corrected chi connectivity index (χ3v) is 7.75. The lowest BCUT2D eigenvalue weighted by atomic mass is 10.0. The molecule has 4 heteroatoms. The summed E-state index contributed by atoms with van der Waals surface area (Å²) in [4.78, 5) is 8.77. The maximum absolute atomic E-state index is 4.40. The summed E-state index contributed by atoms with van der Waals surface area (Å²) in [5, 5.41) is 4.88. The van der Waals surface area contributed by atoms with Crippen molar-refractivity contribution in [3.8, 4) is 11.4 Å². The zero-order valence-corrected chi connectivity index (χ0v) is 21.2. The lowest BCUT2D eigenvalue weighted by molar-refractivity contribution is 1.13. The molecule has 0 bridgehead atoms. The van der Waals surface area contributed by atoms with Gasteiger partial charge in [-0.15, -0.1) is 0 Å². The molecule has 184 valence electrons. The maximum atomic E-state index is 4.40. The molecular formula is C35H24N4. The molecule has 0 aliphatic carbocycles. The Labute approximate surface area is 225 Å². The minimum atomic E-state index is 0.881. The molecule has 0 atom stereocenters. The normalized spacial score (nSPS) is 11.7. The number of aromatic nitrogens is 4. The van der Waals surface area contributed by atoms with Gasteiger partial charge in [0.05, 0.1) is 28.3 Å². The molecular weight excluding hydrogens is 476 g/mol. The predicted molar refractivity (Wildman–Crippen MR) is 160 cm³/mol. The molecule has 4 nitrogen and oxygen atoms in total. The van der Waals surface area contributed by atoms with Crippen LogP contribution in [-0.4, -0.2) is 19.1 Å². The van der Waals surface area contributed by atoms with Crippen LogP contribution in [0.25, 0.3) is 55.0 Å². The molecule has 0 aliphatic rings. The smallest absolute Gasteiger partial charge is 0.0724 e. The van der Waals surface area contributed by atoms with E-state index in [4.69, 9.17) is 0 Å². The Kier molecular flexibility index (Phi) is 4.85. The average molecular weight is 501 g/mol. The molecule has 0 saturated heterocycles. The third kappa shape index (κ3) is 3.46. The van der Waals surface area contributed by atoms with Gasteiger partial charge in [-0.25, -0.2) is 0 Å². The monoisotopic (exact) mass is 500 g/mol. The standard InChI is InChI=1S/C35H24N4/c1-3-7-32-28(5-1)30-17-19-37-23-35(30)39(32)27-15-11-25(12-16-27)21-24-9-13-26(14-10-24)38-33-8-4-2-6-29(33)31-22-36-20-18-34(31)38/h1-20,22-23H,21H2. The van der Waals surface area contributed by atoms with Crippen LogP contribution in [0.4, 0.5) is 0 Å². The second kappa shape index (κ2) is 8.67. The molecule has 0 fully saturated rings. The van der Waals surface area contributed by atoms with E-state index in [0.717, 1.165) is 23.3 Å². The van der Waals surface area contributed by atoms with E-state index in [1.54, 1.807) is 0 Å². The number of hydrogen-bond acceptors (Lipinski definition) is 2. The van der Waals surface area contributed by atoms with Gasteiger partial charge < -0.3 is 9.13 Å². The molecule has 4 aromatic heterocycles. The van der Waals surface area contributed by atoms with Gasteiger partial charge in [-0.3, -0.25) is 9.97 Å². The number of rotatable bonds is 4. The molecule has 39 heavy (non-hydrogen) atoms. The van der Waals surface area contributed by atoms with Crippen molar-refractivity contribution in [2.45, 2.75) is 6.42 Å². The predicted octanol–water partition coefficient (Wildman–Crippen LogP) is 8.26. The Bertz CT molecular complexity index is 1870. The summed E-state index contributed by atoms with van der Waals surface area (Å²) in [5.74, 6) is 0. The summed E-state index contributed by atoms with van der Waals surface area (Å²) in [6.45, 7) is 0. The third-order valence-electron chi connectivity index (χ3n) is 7.75. The average Bonchev–Trinajstić information content (AvgIpc) is 3.51. The molecule has 0 saturated carbocycles. The lowest BCUT2D eigenvalue weighted by Gasteiger charge is -2.10. The lowest BCUT2D eigenvalue weighted by Crippen LogP contribution is -1.96. The number of hydrogen-bond donors (Lipinski definition) is 0. The van der Waals surface area contributed by atoms with Gasteiger partial charge in [0, 0.05) is 51.5 Å². The first kappa shape index (κ1) is 21.8. The Morgan fingerprint density at radius 1 is 0.410 bits per heavy atom. The molecule has 0 radical (unpaired) electrons. The Morgan fingerprint density at radius 3 is 1.56 bits per heavy atom. The molecule has 4 aromatic carbocycles. The summed E-state index contributed by atoms with van der Waals surface area (Å²) < 4.78 is 4.63. The zero-order chi connectivity index (χ0) is 25.8. The second-order valence-electron chi connectivity index (χ2n) is 10.0. The fourth-order valence-electron chi connectivity index (χ4n) is 5.95. The van der Waals surface area contributed by atoms with E-state index in [1.807, 2.05) is 24.8 Å². The van der Waals surface area contributed by atoms with E-state index in [-0.39, 0.29) is 0 Å². The second-order valence-corrected chi connectivity index (χ2v) is 10.0. The first-order valence-corrected chi connectivity index (χ1v) is 13.2. The summed E-state index contributed by atoms with van der Waals surface area (Å²) >= 11 is 0. The van der Waals surface area contributed by atoms with Crippen molar-refractivity contribution in [2.75, 3.05) is 0 Å². The number of fused-ring (bicyclic) bond motifs is 6. The van der Waals surface area contributed by atoms with Crippen LogP contribution in [0.15, 0.2) is 134 Å². The van der Waals surface area contributed by atoms with Gasteiger partial charge >= 0.3 is 0 Å². The molecule has 0 aliphatic heterocycles. The molecule has 4 heterocycles. The van der Waals surface area contributed by atoms with Crippen LogP contribution in [-0.2, 0) is 6.42 Å². The van der Waals surface area contributed by atoms with E-state index >= 15 is 0 Å². The number of pyridine rings is 2. The van der Waals surface area contributed by atoms with Crippen LogP contribution in [0.2, 0.25) is 0 Å². The summed E-state index contributed by atoms with van der Waals surface area (Å²) in [5.41, 5.74) is 9.58. The highest BCUT2D eigenvalue weighted by molar-refractivity contribution is 6.09. The fourth-order valence-corrected chi connectivity index (χ4v) is 5.95. The van der Waals surface area contributed by atoms with E-state index < -0.39 is 0 Å². The van der Waals surface area contributed by atoms with E-state index in [1.165, 1.54) is 49.2 Å². The summed E-state index contributed by atoms with van der Waals surface area (Å²) in [7, 11) is 0. The van der Waals surface area contributed by atoms with Crippen molar-refractivity contribution >= 4 is 43.6 Å². The summed E-state index contributed by atoms with van der Waals surface area (Å²) in [6.07, 6.45) is 8.53. The molecule has 0 amide bonds. The molecule has 8 rings (SSSR count). The number of nitrogens with zero attached hydrogens (tertiary/aromatic N) is 4. The largest absolute Gasteiger partial charge is 0.309 e. The minimum Gasteiger partial charge on any atom is -0.309 e. The van der Waals surface area contributed by atoms with Crippen molar-refractivity contribution in [1.82, 2.24) is 19.1 Å². The zero-order valence-electron chi connectivity index (χ0n) is 21.2. The Hall–Kier alpha value is -5.22. The quantitative estimate of drug-likeness (QED) is 0.244. The highest BCUT2D eigenvalue weighted by Gasteiger charge is 2.13. The Morgan fingerprint density at radius 2 is 0.897 bits per heavy atom. The summed E-state index contributed by atoms with van der Waals surface area (Å²) in [6, 6.07) is 39.1. The van der Waals surface area contributed by atoms with Crippen molar-refractivity contribution < 1.29 is 0 Å². The molecule has 0 N–H and O–H groups in total. The van der Waals surface area contributed by atoms with Crippen molar-refractivity contribution in [2.24, 2.45) is 0 Å². The number of para-hydroxylation sites is 2. The van der Waals surface area contributed by atoms with Crippen LogP contribution in [0.1, 0.15) is 11.1 Å². The van der Waals surface area contributed by atoms with Crippen LogP contribution in [0.5, 0.6) is 0 Å².